The number of fused-ring (bicyclic) bond motifs is 1. The number of hydrogen-bond acceptors (Lipinski definition) is 5. The van der Waals surface area contributed by atoms with Crippen LogP contribution in [0.4, 0.5) is 5.69 Å². The van der Waals surface area contributed by atoms with E-state index in [0.29, 0.717) is 18.4 Å². The number of benzene rings is 2. The number of anilines is 1. The molecular formula is C33H43N3O3. The second-order valence-corrected chi connectivity index (χ2v) is 11.9. The average Bonchev–Trinajstić information content (AvgIpc) is 2.92. The highest BCUT2D eigenvalue weighted by molar-refractivity contribution is 6.03. The summed E-state index contributed by atoms with van der Waals surface area (Å²) in [7, 11) is 1.69. The van der Waals surface area contributed by atoms with Crippen LogP contribution in [0.3, 0.4) is 0 Å². The molecule has 2 heterocycles. The van der Waals surface area contributed by atoms with Crippen molar-refractivity contribution in [3.8, 4) is 5.75 Å². The fourth-order valence-electron chi connectivity index (χ4n) is 5.40. The van der Waals surface area contributed by atoms with Gasteiger partial charge in [-0.05, 0) is 48.3 Å². The van der Waals surface area contributed by atoms with E-state index in [1.54, 1.807) is 13.3 Å². The standard InChI is InChI=1S/C33H43N3O3/c1-6-7-15-34-32(38)24-13-16-36(17-14-24)29-19-26-25(18-23-11-9-8-10-12-23)27(30(37)21-33(2,3)4)22-35-28(26)20-31(29)39-5/h8-12,19-20,22,24H,6-7,13-18,21H2,1-5H3,(H,34,38). The summed E-state index contributed by atoms with van der Waals surface area (Å²) in [5.41, 5.74) is 4.55. The molecular weight excluding hydrogens is 486 g/mol. The number of ketones is 1. The van der Waals surface area contributed by atoms with Crippen LogP contribution in [0, 0.1) is 11.3 Å². The Balaban J connectivity index is 1.70. The topological polar surface area (TPSA) is 71.5 Å². The molecule has 1 amide bonds. The Labute approximate surface area is 233 Å². The highest BCUT2D eigenvalue weighted by Crippen LogP contribution is 2.38. The molecule has 0 saturated carbocycles. The van der Waals surface area contributed by atoms with Gasteiger partial charge in [-0.2, -0.15) is 0 Å². The number of Topliss-reactive ketones (excluding diaryl/α,β-unsaturated/α-hetero) is 1. The molecule has 1 aliphatic rings. The van der Waals surface area contributed by atoms with Crippen LogP contribution in [0.2, 0.25) is 0 Å². The highest BCUT2D eigenvalue weighted by Gasteiger charge is 2.28. The number of aromatic nitrogens is 1. The molecule has 0 radical (unpaired) electrons. The molecule has 2 aromatic carbocycles. The molecule has 1 aliphatic heterocycles. The summed E-state index contributed by atoms with van der Waals surface area (Å²) in [6.07, 6.45) is 6.55. The number of carbonyl (C=O) groups excluding carboxylic acids is 2. The Bertz CT molecular complexity index is 1290. The van der Waals surface area contributed by atoms with E-state index < -0.39 is 0 Å². The second-order valence-electron chi connectivity index (χ2n) is 11.9. The van der Waals surface area contributed by atoms with Crippen LogP contribution in [0.1, 0.15) is 81.3 Å². The van der Waals surface area contributed by atoms with Gasteiger partial charge in [0.1, 0.15) is 5.75 Å². The fourth-order valence-corrected chi connectivity index (χ4v) is 5.40. The van der Waals surface area contributed by atoms with Crippen LogP contribution in [-0.4, -0.2) is 43.4 Å². The maximum absolute atomic E-state index is 13.5. The van der Waals surface area contributed by atoms with Crippen LogP contribution in [-0.2, 0) is 11.2 Å². The zero-order valence-corrected chi connectivity index (χ0v) is 24.2. The number of nitrogens with one attached hydrogen (secondary N) is 1. The predicted molar refractivity (Wildman–Crippen MR) is 159 cm³/mol. The van der Waals surface area contributed by atoms with Gasteiger partial charge in [0.2, 0.25) is 5.91 Å². The van der Waals surface area contributed by atoms with Gasteiger partial charge in [0.15, 0.2) is 5.78 Å². The fraction of sp³-hybridized carbons (Fsp3) is 0.485. The molecule has 0 bridgehead atoms. The number of hydrogen-bond donors (Lipinski definition) is 1. The van der Waals surface area contributed by atoms with Gasteiger partial charge in [-0.3, -0.25) is 14.6 Å². The molecule has 3 aromatic rings. The summed E-state index contributed by atoms with van der Waals surface area (Å²) in [5, 5.41) is 4.08. The number of ether oxygens (including phenoxy) is 1. The minimum atomic E-state index is -0.117. The lowest BCUT2D eigenvalue weighted by atomic mass is 9.85. The molecule has 1 aromatic heterocycles. The molecule has 1 fully saturated rings. The lowest BCUT2D eigenvalue weighted by Crippen LogP contribution is -2.41. The average molecular weight is 530 g/mol. The second kappa shape index (κ2) is 12.6. The van der Waals surface area contributed by atoms with Crippen molar-refractivity contribution in [2.45, 2.75) is 66.2 Å². The molecule has 1 N–H and O–H groups in total. The number of nitrogens with zero attached hydrogens (tertiary/aromatic N) is 2. The third-order valence-corrected chi connectivity index (χ3v) is 7.53. The smallest absolute Gasteiger partial charge is 0.223 e. The van der Waals surface area contributed by atoms with Gasteiger partial charge < -0.3 is 15.0 Å². The first-order chi connectivity index (χ1) is 18.7. The molecule has 6 nitrogen and oxygen atoms in total. The predicted octanol–water partition coefficient (Wildman–Crippen LogP) is 6.59. The minimum absolute atomic E-state index is 0.0430. The zero-order valence-electron chi connectivity index (χ0n) is 24.2. The lowest BCUT2D eigenvalue weighted by Gasteiger charge is -2.34. The van der Waals surface area contributed by atoms with Crippen molar-refractivity contribution in [2.24, 2.45) is 11.3 Å². The van der Waals surface area contributed by atoms with Gasteiger partial charge in [0, 0.05) is 55.2 Å². The highest BCUT2D eigenvalue weighted by atomic mass is 16.5. The summed E-state index contributed by atoms with van der Waals surface area (Å²) in [6, 6.07) is 14.4. The van der Waals surface area contributed by atoms with Gasteiger partial charge >= 0.3 is 0 Å². The molecule has 0 unspecified atom stereocenters. The number of amides is 1. The van der Waals surface area contributed by atoms with Crippen molar-refractivity contribution in [2.75, 3.05) is 31.6 Å². The van der Waals surface area contributed by atoms with E-state index in [2.05, 4.69) is 56.1 Å². The van der Waals surface area contributed by atoms with Crippen LogP contribution in [0.15, 0.2) is 48.7 Å². The number of unbranched alkanes of at least 4 members (excludes halogenated alkanes) is 1. The van der Waals surface area contributed by atoms with E-state index in [-0.39, 0.29) is 23.0 Å². The molecule has 6 heteroatoms. The van der Waals surface area contributed by atoms with Crippen molar-refractivity contribution in [1.82, 2.24) is 10.3 Å². The normalized spacial score (nSPS) is 14.4. The number of pyridine rings is 1. The Morgan fingerprint density at radius 1 is 1.10 bits per heavy atom. The summed E-state index contributed by atoms with van der Waals surface area (Å²) in [5.74, 6) is 1.10. The van der Waals surface area contributed by atoms with E-state index in [1.165, 1.54) is 0 Å². The first-order valence-electron chi connectivity index (χ1n) is 14.3. The number of piperidine rings is 1. The van der Waals surface area contributed by atoms with Crippen LogP contribution in [0.25, 0.3) is 10.9 Å². The Kier molecular flexibility index (Phi) is 9.26. The van der Waals surface area contributed by atoms with Gasteiger partial charge in [0.05, 0.1) is 18.3 Å². The quantitative estimate of drug-likeness (QED) is 0.237. The first-order valence-corrected chi connectivity index (χ1v) is 14.3. The monoisotopic (exact) mass is 529 g/mol. The van der Waals surface area contributed by atoms with Crippen molar-refractivity contribution >= 4 is 28.3 Å². The van der Waals surface area contributed by atoms with E-state index in [4.69, 9.17) is 9.72 Å². The van der Waals surface area contributed by atoms with Crippen LogP contribution >= 0.6 is 0 Å². The molecule has 0 atom stereocenters. The summed E-state index contributed by atoms with van der Waals surface area (Å²) in [6.45, 7) is 10.7. The van der Waals surface area contributed by atoms with E-state index in [1.807, 2.05) is 24.3 Å². The zero-order chi connectivity index (χ0) is 28.0. The van der Waals surface area contributed by atoms with Crippen molar-refractivity contribution in [3.63, 3.8) is 0 Å². The number of rotatable bonds is 10. The molecule has 4 rings (SSSR count). The maximum Gasteiger partial charge on any atom is 0.223 e. The van der Waals surface area contributed by atoms with Crippen molar-refractivity contribution < 1.29 is 14.3 Å². The van der Waals surface area contributed by atoms with Crippen molar-refractivity contribution in [1.29, 1.82) is 0 Å². The van der Waals surface area contributed by atoms with Crippen LogP contribution < -0.4 is 15.0 Å². The van der Waals surface area contributed by atoms with Gasteiger partial charge in [-0.1, -0.05) is 64.4 Å². The van der Waals surface area contributed by atoms with Crippen molar-refractivity contribution in [3.05, 3.63) is 65.4 Å². The Morgan fingerprint density at radius 2 is 1.82 bits per heavy atom. The summed E-state index contributed by atoms with van der Waals surface area (Å²) < 4.78 is 5.82. The maximum atomic E-state index is 13.5. The third-order valence-electron chi connectivity index (χ3n) is 7.53. The molecule has 208 valence electrons. The van der Waals surface area contributed by atoms with E-state index in [9.17, 15) is 9.59 Å². The summed E-state index contributed by atoms with van der Waals surface area (Å²) in [4.78, 5) is 33.2. The third kappa shape index (κ3) is 7.17. The number of carbonyl (C=O) groups is 2. The van der Waals surface area contributed by atoms with Gasteiger partial charge in [0.25, 0.3) is 0 Å². The Hall–Kier alpha value is -3.41. The minimum Gasteiger partial charge on any atom is -0.495 e. The molecule has 0 aliphatic carbocycles. The molecule has 0 spiro atoms. The lowest BCUT2D eigenvalue weighted by molar-refractivity contribution is -0.125. The van der Waals surface area contributed by atoms with E-state index >= 15 is 0 Å². The SMILES string of the molecule is CCCCNC(=O)C1CCN(c2cc3c(Cc4ccccc4)c(C(=O)CC(C)(C)C)cnc3cc2OC)CC1. The number of methoxy groups -OCH3 is 1. The van der Waals surface area contributed by atoms with Gasteiger partial charge in [-0.15, -0.1) is 0 Å². The largest absolute Gasteiger partial charge is 0.495 e. The molecule has 1 saturated heterocycles. The van der Waals surface area contributed by atoms with E-state index in [0.717, 1.165) is 78.8 Å². The van der Waals surface area contributed by atoms with Crippen LogP contribution in [0.5, 0.6) is 5.75 Å². The van der Waals surface area contributed by atoms with Gasteiger partial charge in [-0.25, -0.2) is 0 Å². The first kappa shape index (κ1) is 28.6. The Morgan fingerprint density at radius 3 is 2.46 bits per heavy atom. The summed E-state index contributed by atoms with van der Waals surface area (Å²) >= 11 is 0. The molecule has 39 heavy (non-hydrogen) atoms.